The van der Waals surface area contributed by atoms with Gasteiger partial charge in [0.05, 0.1) is 0 Å². The van der Waals surface area contributed by atoms with Crippen LogP contribution in [0.4, 0.5) is 4.39 Å². The molecule has 0 saturated carbocycles. The number of hydrogen-bond acceptors (Lipinski definition) is 3. The van der Waals surface area contributed by atoms with Crippen LogP contribution in [-0.2, 0) is 6.54 Å². The standard InChI is InChI=1S/C14H20FN3S/c1-17(2)12-5-6-18(9-12)8-10-7-11(15)3-4-13(10)14(16)19/h3-4,7,12H,5-6,8-9H2,1-2H3,(H2,16,19). The summed E-state index contributed by atoms with van der Waals surface area (Å²) in [5.41, 5.74) is 7.36. The minimum atomic E-state index is -0.238. The van der Waals surface area contributed by atoms with Gasteiger partial charge in [-0.2, -0.15) is 0 Å². The van der Waals surface area contributed by atoms with Crippen molar-refractivity contribution in [1.29, 1.82) is 0 Å². The SMILES string of the molecule is CN(C)C1CCN(Cc2cc(F)ccc2C(N)=S)C1. The van der Waals surface area contributed by atoms with Crippen LogP contribution in [0.2, 0.25) is 0 Å². The highest BCUT2D eigenvalue weighted by Crippen LogP contribution is 2.19. The van der Waals surface area contributed by atoms with E-state index in [0.717, 1.165) is 30.6 Å². The van der Waals surface area contributed by atoms with Gasteiger partial charge in [0.2, 0.25) is 0 Å². The Morgan fingerprint density at radius 2 is 2.26 bits per heavy atom. The molecule has 0 aliphatic carbocycles. The molecule has 1 atom stereocenters. The van der Waals surface area contributed by atoms with E-state index in [2.05, 4.69) is 23.9 Å². The number of thiocarbonyl (C=S) groups is 1. The molecule has 0 aromatic heterocycles. The molecule has 19 heavy (non-hydrogen) atoms. The van der Waals surface area contributed by atoms with Crippen LogP contribution in [-0.4, -0.2) is 48.0 Å². The summed E-state index contributed by atoms with van der Waals surface area (Å²) in [6, 6.07) is 5.19. The summed E-state index contributed by atoms with van der Waals surface area (Å²) < 4.78 is 13.4. The maximum absolute atomic E-state index is 13.4. The molecule has 5 heteroatoms. The van der Waals surface area contributed by atoms with Crippen LogP contribution >= 0.6 is 12.2 Å². The molecule has 0 amide bonds. The van der Waals surface area contributed by atoms with E-state index >= 15 is 0 Å². The molecule has 1 heterocycles. The van der Waals surface area contributed by atoms with Crippen LogP contribution in [0, 0.1) is 5.82 Å². The predicted molar refractivity (Wildman–Crippen MR) is 79.7 cm³/mol. The fraction of sp³-hybridized carbons (Fsp3) is 0.500. The maximum Gasteiger partial charge on any atom is 0.123 e. The normalized spacial score (nSPS) is 20.1. The molecular formula is C14H20FN3S. The lowest BCUT2D eigenvalue weighted by Crippen LogP contribution is -2.31. The Morgan fingerprint density at radius 3 is 2.84 bits per heavy atom. The number of likely N-dealkylation sites (N-methyl/N-ethyl adjacent to an activating group) is 1. The molecule has 2 N–H and O–H groups in total. The van der Waals surface area contributed by atoms with Crippen LogP contribution in [0.25, 0.3) is 0 Å². The van der Waals surface area contributed by atoms with Gasteiger partial charge in [0.25, 0.3) is 0 Å². The van der Waals surface area contributed by atoms with Crippen LogP contribution in [0.1, 0.15) is 17.5 Å². The number of likely N-dealkylation sites (tertiary alicyclic amines) is 1. The summed E-state index contributed by atoms with van der Waals surface area (Å²) in [7, 11) is 4.19. The van der Waals surface area contributed by atoms with Crippen molar-refractivity contribution in [2.45, 2.75) is 19.0 Å². The van der Waals surface area contributed by atoms with Crippen molar-refractivity contribution in [3.05, 3.63) is 35.1 Å². The zero-order valence-corrected chi connectivity index (χ0v) is 12.2. The third-order valence-corrected chi connectivity index (χ3v) is 3.92. The van der Waals surface area contributed by atoms with Gasteiger partial charge in [-0.1, -0.05) is 12.2 Å². The molecule has 1 aliphatic heterocycles. The van der Waals surface area contributed by atoms with Crippen molar-refractivity contribution in [2.24, 2.45) is 5.73 Å². The number of benzene rings is 1. The van der Waals surface area contributed by atoms with Crippen molar-refractivity contribution >= 4 is 17.2 Å². The average Bonchev–Trinajstić information content (AvgIpc) is 2.77. The van der Waals surface area contributed by atoms with E-state index in [-0.39, 0.29) is 5.82 Å². The smallest absolute Gasteiger partial charge is 0.123 e. The van der Waals surface area contributed by atoms with E-state index in [9.17, 15) is 4.39 Å². The number of halogens is 1. The Balaban J connectivity index is 2.11. The predicted octanol–water partition coefficient (Wildman–Crippen LogP) is 1.60. The van der Waals surface area contributed by atoms with Crippen molar-refractivity contribution < 1.29 is 4.39 Å². The summed E-state index contributed by atoms with van der Waals surface area (Å²) in [4.78, 5) is 4.89. The Kier molecular flexibility index (Phi) is 4.50. The summed E-state index contributed by atoms with van der Waals surface area (Å²) in [5.74, 6) is -0.238. The van der Waals surface area contributed by atoms with Gasteiger partial charge in [0, 0.05) is 31.2 Å². The van der Waals surface area contributed by atoms with Crippen molar-refractivity contribution in [2.75, 3.05) is 27.2 Å². The second-order valence-corrected chi connectivity index (χ2v) is 5.75. The molecular weight excluding hydrogens is 261 g/mol. The zero-order chi connectivity index (χ0) is 14.0. The summed E-state index contributed by atoms with van der Waals surface area (Å²) in [6.07, 6.45) is 1.14. The van der Waals surface area contributed by atoms with E-state index in [4.69, 9.17) is 18.0 Å². The van der Waals surface area contributed by atoms with E-state index in [1.165, 1.54) is 12.1 Å². The highest BCUT2D eigenvalue weighted by atomic mass is 32.1. The van der Waals surface area contributed by atoms with Gasteiger partial charge in [-0.05, 0) is 44.3 Å². The van der Waals surface area contributed by atoms with Crippen molar-refractivity contribution in [3.63, 3.8) is 0 Å². The van der Waals surface area contributed by atoms with Crippen molar-refractivity contribution in [1.82, 2.24) is 9.80 Å². The minimum absolute atomic E-state index is 0.238. The first-order valence-electron chi connectivity index (χ1n) is 6.44. The first-order valence-corrected chi connectivity index (χ1v) is 6.85. The highest BCUT2D eigenvalue weighted by Gasteiger charge is 2.24. The fourth-order valence-electron chi connectivity index (χ4n) is 2.55. The molecule has 1 saturated heterocycles. The lowest BCUT2D eigenvalue weighted by molar-refractivity contribution is 0.264. The van der Waals surface area contributed by atoms with E-state index < -0.39 is 0 Å². The number of rotatable bonds is 4. The molecule has 1 aromatic carbocycles. The second kappa shape index (κ2) is 5.94. The Bertz CT molecular complexity index is 476. The first-order chi connectivity index (χ1) is 8.97. The molecule has 0 spiro atoms. The zero-order valence-electron chi connectivity index (χ0n) is 11.4. The lowest BCUT2D eigenvalue weighted by atomic mass is 10.1. The molecule has 0 bridgehead atoms. The van der Waals surface area contributed by atoms with Crippen LogP contribution in [0.5, 0.6) is 0 Å². The molecule has 1 aromatic rings. The molecule has 1 fully saturated rings. The molecule has 104 valence electrons. The lowest BCUT2D eigenvalue weighted by Gasteiger charge is -2.21. The van der Waals surface area contributed by atoms with Gasteiger partial charge in [-0.3, -0.25) is 4.90 Å². The largest absolute Gasteiger partial charge is 0.389 e. The summed E-state index contributed by atoms with van der Waals surface area (Å²) in [5, 5.41) is 0. The first kappa shape index (κ1) is 14.4. The third-order valence-electron chi connectivity index (χ3n) is 3.70. The minimum Gasteiger partial charge on any atom is -0.389 e. The van der Waals surface area contributed by atoms with Crippen LogP contribution in [0.3, 0.4) is 0 Å². The number of nitrogens with two attached hydrogens (primary N) is 1. The third kappa shape index (κ3) is 3.49. The van der Waals surface area contributed by atoms with Gasteiger partial charge in [-0.25, -0.2) is 4.39 Å². The molecule has 1 aliphatic rings. The molecule has 0 radical (unpaired) electrons. The monoisotopic (exact) mass is 281 g/mol. The summed E-state index contributed by atoms with van der Waals surface area (Å²) in [6.45, 7) is 2.73. The molecule has 3 nitrogen and oxygen atoms in total. The van der Waals surface area contributed by atoms with E-state index in [1.807, 2.05) is 0 Å². The Labute approximate surface area is 119 Å². The highest BCUT2D eigenvalue weighted by molar-refractivity contribution is 7.80. The second-order valence-electron chi connectivity index (χ2n) is 5.31. The van der Waals surface area contributed by atoms with Crippen LogP contribution in [0.15, 0.2) is 18.2 Å². The quantitative estimate of drug-likeness (QED) is 0.850. The van der Waals surface area contributed by atoms with Gasteiger partial charge in [0.15, 0.2) is 0 Å². The van der Waals surface area contributed by atoms with E-state index in [0.29, 0.717) is 17.6 Å². The van der Waals surface area contributed by atoms with Gasteiger partial charge < -0.3 is 10.6 Å². The molecule has 2 rings (SSSR count). The van der Waals surface area contributed by atoms with Gasteiger partial charge >= 0.3 is 0 Å². The molecule has 1 unspecified atom stereocenters. The number of nitrogens with zero attached hydrogens (tertiary/aromatic N) is 2. The average molecular weight is 281 g/mol. The maximum atomic E-state index is 13.4. The number of hydrogen-bond donors (Lipinski definition) is 1. The summed E-state index contributed by atoms with van der Waals surface area (Å²) >= 11 is 5.03. The van der Waals surface area contributed by atoms with Gasteiger partial charge in [-0.15, -0.1) is 0 Å². The Hall–Kier alpha value is -1.04. The fourth-order valence-corrected chi connectivity index (χ4v) is 2.75. The topological polar surface area (TPSA) is 32.5 Å². The van der Waals surface area contributed by atoms with Gasteiger partial charge in [0.1, 0.15) is 10.8 Å². The van der Waals surface area contributed by atoms with Crippen LogP contribution < -0.4 is 5.73 Å². The van der Waals surface area contributed by atoms with Crippen molar-refractivity contribution in [3.8, 4) is 0 Å². The Morgan fingerprint density at radius 1 is 1.53 bits per heavy atom. The van der Waals surface area contributed by atoms with E-state index in [1.54, 1.807) is 6.07 Å².